The van der Waals surface area contributed by atoms with E-state index in [4.69, 9.17) is 17.3 Å². The molecule has 0 spiro atoms. The molecule has 3 aliphatic rings. The Kier molecular flexibility index (Phi) is 5.27. The van der Waals surface area contributed by atoms with Gasteiger partial charge in [-0.25, -0.2) is 4.79 Å². The van der Waals surface area contributed by atoms with Gasteiger partial charge in [-0.15, -0.1) is 0 Å². The van der Waals surface area contributed by atoms with Crippen molar-refractivity contribution in [2.75, 3.05) is 0 Å². The van der Waals surface area contributed by atoms with Crippen LogP contribution in [0.25, 0.3) is 0 Å². The van der Waals surface area contributed by atoms with Crippen LogP contribution in [0.1, 0.15) is 19.8 Å². The highest BCUT2D eigenvalue weighted by Crippen LogP contribution is 2.46. The van der Waals surface area contributed by atoms with E-state index in [-0.39, 0.29) is 5.70 Å². The third-order valence-corrected chi connectivity index (χ3v) is 6.32. The first kappa shape index (κ1) is 18.8. The van der Waals surface area contributed by atoms with Crippen LogP contribution in [0.5, 0.6) is 0 Å². The second-order valence-corrected chi connectivity index (χ2v) is 7.50. The van der Waals surface area contributed by atoms with Crippen LogP contribution in [-0.4, -0.2) is 45.2 Å². The Bertz CT molecular complexity index is 802. The molecule has 2 aliphatic heterocycles. The highest BCUT2D eigenvalue weighted by atomic mass is 35.5. The molecule has 0 saturated carbocycles. The van der Waals surface area contributed by atoms with Gasteiger partial charge in [0.1, 0.15) is 23.2 Å². The Morgan fingerprint density at radius 3 is 2.81 bits per heavy atom. The number of nitrogens with two attached hydrogens (primary N) is 1. The molecule has 3 atom stereocenters. The maximum absolute atomic E-state index is 12.5. The number of hydrogen-bond acceptors (Lipinski definition) is 5. The first-order valence-corrected chi connectivity index (χ1v) is 9.33. The number of halogens is 1. The summed E-state index contributed by atoms with van der Waals surface area (Å²) in [5.41, 5.74) is 8.39. The fraction of sp³-hybridized carbons (Fsp3) is 0.353. The number of amides is 2. The minimum absolute atomic E-state index is 0.111. The Labute approximate surface area is 159 Å². The van der Waals surface area contributed by atoms with Gasteiger partial charge >= 0.3 is 5.97 Å². The molecule has 0 aromatic carbocycles. The molecule has 0 aromatic rings. The van der Waals surface area contributed by atoms with E-state index in [2.05, 4.69) is 5.32 Å². The molecule has 2 unspecified atom stereocenters. The average Bonchev–Trinajstić information content (AvgIpc) is 2.65. The van der Waals surface area contributed by atoms with E-state index in [9.17, 15) is 19.5 Å². The van der Waals surface area contributed by atoms with Gasteiger partial charge < -0.3 is 16.2 Å². The van der Waals surface area contributed by atoms with Gasteiger partial charge in [0, 0.05) is 10.4 Å². The zero-order valence-corrected chi connectivity index (χ0v) is 15.5. The van der Waals surface area contributed by atoms with Gasteiger partial charge in [-0.2, -0.15) is 0 Å². The number of aliphatic carboxylic acids is 1. The standard InChI is InChI=1S/C17H18ClN3O4S/c1-8-10(7-18)26-16-12(15(23)21(16)13(8)17(24)25)20-14(22)11(19)9-5-3-2-4-6-9/h2-3,6-7,11-12,16H,4-5,19H2,1H3,(H,20,22)(H,24,25)/t11?,12?,16-/m0/s1. The summed E-state index contributed by atoms with van der Waals surface area (Å²) in [4.78, 5) is 38.2. The zero-order valence-electron chi connectivity index (χ0n) is 13.9. The Morgan fingerprint density at radius 2 is 2.23 bits per heavy atom. The Hall–Kier alpha value is -2.03. The van der Waals surface area contributed by atoms with Crippen molar-refractivity contribution in [3.8, 4) is 0 Å². The lowest BCUT2D eigenvalue weighted by atomic mass is 9.97. The van der Waals surface area contributed by atoms with E-state index < -0.39 is 35.2 Å². The molecule has 9 heteroatoms. The van der Waals surface area contributed by atoms with Crippen LogP contribution in [0, 0.1) is 0 Å². The van der Waals surface area contributed by atoms with E-state index in [1.807, 2.05) is 18.2 Å². The van der Waals surface area contributed by atoms with Crippen LogP contribution in [0.3, 0.4) is 0 Å². The molecule has 1 aliphatic carbocycles. The van der Waals surface area contributed by atoms with Crippen LogP contribution in [0.4, 0.5) is 0 Å². The topological polar surface area (TPSA) is 113 Å². The van der Waals surface area contributed by atoms with Gasteiger partial charge in [0.2, 0.25) is 5.91 Å². The smallest absolute Gasteiger partial charge is 0.352 e. The quantitative estimate of drug-likeness (QED) is 0.490. The predicted octanol–water partition coefficient (Wildman–Crippen LogP) is 1.43. The van der Waals surface area contributed by atoms with Crippen molar-refractivity contribution in [3.63, 3.8) is 0 Å². The maximum atomic E-state index is 12.5. The molecule has 3 rings (SSSR count). The fourth-order valence-corrected chi connectivity index (χ4v) is 4.66. The Morgan fingerprint density at radius 1 is 1.50 bits per heavy atom. The molecule has 26 heavy (non-hydrogen) atoms. The van der Waals surface area contributed by atoms with Crippen LogP contribution < -0.4 is 11.1 Å². The number of carbonyl (C=O) groups is 3. The van der Waals surface area contributed by atoms with Crippen molar-refractivity contribution >= 4 is 41.1 Å². The monoisotopic (exact) mass is 395 g/mol. The lowest BCUT2D eigenvalue weighted by Crippen LogP contribution is -2.71. The SMILES string of the molecule is CC1=C(C(=O)O)N2C(=O)C(NC(=O)C(N)C3=CCC=CC3)[C@@H]2SC1=CCl. The van der Waals surface area contributed by atoms with Crippen molar-refractivity contribution in [1.29, 1.82) is 0 Å². The number of fused-ring (bicyclic) bond motifs is 1. The number of nitrogens with zero attached hydrogens (tertiary/aromatic N) is 1. The fourth-order valence-electron chi connectivity index (χ4n) is 3.13. The second kappa shape index (κ2) is 7.30. The third kappa shape index (κ3) is 3.08. The summed E-state index contributed by atoms with van der Waals surface area (Å²) in [7, 11) is 0. The summed E-state index contributed by atoms with van der Waals surface area (Å²) in [6.45, 7) is 1.60. The number of thioether (sulfide) groups is 1. The lowest BCUT2D eigenvalue weighted by Gasteiger charge is -2.49. The largest absolute Gasteiger partial charge is 0.477 e. The Balaban J connectivity index is 1.76. The molecule has 2 amide bonds. The van der Waals surface area contributed by atoms with E-state index in [0.717, 1.165) is 12.0 Å². The number of rotatable bonds is 4. The van der Waals surface area contributed by atoms with Gasteiger partial charge in [-0.3, -0.25) is 14.5 Å². The molecule has 4 N–H and O–H groups in total. The van der Waals surface area contributed by atoms with Crippen molar-refractivity contribution < 1.29 is 19.5 Å². The average molecular weight is 396 g/mol. The number of β-lactam (4-membered cyclic amide) rings is 1. The zero-order chi connectivity index (χ0) is 19.0. The summed E-state index contributed by atoms with van der Waals surface area (Å²) < 4.78 is 0. The minimum atomic E-state index is -1.21. The molecular formula is C17H18ClN3O4S. The molecule has 1 saturated heterocycles. The molecular weight excluding hydrogens is 378 g/mol. The van der Waals surface area contributed by atoms with Gasteiger partial charge in [0.25, 0.3) is 5.91 Å². The van der Waals surface area contributed by atoms with Crippen molar-refractivity contribution in [3.05, 3.63) is 45.5 Å². The molecule has 0 radical (unpaired) electrons. The lowest BCUT2D eigenvalue weighted by molar-refractivity contribution is -0.150. The van der Waals surface area contributed by atoms with Crippen LogP contribution in [0.15, 0.2) is 45.5 Å². The van der Waals surface area contributed by atoms with Crippen LogP contribution >= 0.6 is 23.4 Å². The number of hydrogen-bond donors (Lipinski definition) is 3. The van der Waals surface area contributed by atoms with E-state index in [1.165, 1.54) is 22.2 Å². The van der Waals surface area contributed by atoms with E-state index >= 15 is 0 Å². The molecule has 2 heterocycles. The number of carboxylic acids is 1. The summed E-state index contributed by atoms with van der Waals surface area (Å²) >= 11 is 7.03. The maximum Gasteiger partial charge on any atom is 0.352 e. The molecule has 138 valence electrons. The van der Waals surface area contributed by atoms with E-state index in [1.54, 1.807) is 6.92 Å². The summed E-state index contributed by atoms with van der Waals surface area (Å²) in [5.74, 6) is -2.13. The van der Waals surface area contributed by atoms with Gasteiger partial charge in [0.05, 0.1) is 0 Å². The van der Waals surface area contributed by atoms with E-state index in [0.29, 0.717) is 16.9 Å². The highest BCUT2D eigenvalue weighted by molar-refractivity contribution is 8.04. The van der Waals surface area contributed by atoms with Crippen LogP contribution in [-0.2, 0) is 14.4 Å². The molecule has 0 aromatic heterocycles. The highest BCUT2D eigenvalue weighted by Gasteiger charge is 2.55. The third-order valence-electron chi connectivity index (χ3n) is 4.57. The second-order valence-electron chi connectivity index (χ2n) is 6.12. The number of carboxylic acid groups (broad SMARTS) is 1. The van der Waals surface area contributed by atoms with Gasteiger partial charge in [0.15, 0.2) is 0 Å². The first-order chi connectivity index (χ1) is 12.4. The number of allylic oxidation sites excluding steroid dienone is 4. The molecule has 7 nitrogen and oxygen atoms in total. The van der Waals surface area contributed by atoms with Gasteiger partial charge in [-0.1, -0.05) is 41.6 Å². The first-order valence-electron chi connectivity index (χ1n) is 8.01. The van der Waals surface area contributed by atoms with Crippen molar-refractivity contribution in [2.45, 2.75) is 37.2 Å². The summed E-state index contributed by atoms with van der Waals surface area (Å²) in [5, 5.41) is 11.5. The number of nitrogens with one attached hydrogen (secondary N) is 1. The summed E-state index contributed by atoms with van der Waals surface area (Å²) in [6.07, 6.45) is 7.16. The van der Waals surface area contributed by atoms with Gasteiger partial charge in [-0.05, 0) is 30.9 Å². The predicted molar refractivity (Wildman–Crippen MR) is 98.9 cm³/mol. The van der Waals surface area contributed by atoms with Crippen molar-refractivity contribution in [1.82, 2.24) is 10.2 Å². The summed E-state index contributed by atoms with van der Waals surface area (Å²) in [6, 6.07) is -1.68. The number of carbonyl (C=O) groups excluding carboxylic acids is 2. The molecule has 0 bridgehead atoms. The van der Waals surface area contributed by atoms with Crippen molar-refractivity contribution in [2.24, 2.45) is 5.73 Å². The van der Waals surface area contributed by atoms with Crippen LogP contribution in [0.2, 0.25) is 0 Å². The normalized spacial score (nSPS) is 27.7. The molecule has 1 fully saturated rings. The minimum Gasteiger partial charge on any atom is -0.477 e.